The van der Waals surface area contributed by atoms with Gasteiger partial charge in [-0.1, -0.05) is 24.3 Å². The standard InChI is InChI=1S/C21H24N4O2/c1-22-19(26)16-8-6-15(7-9-16)14-25-18-5-3-2-4-17(18)24-21(20(25)27)10-12-23-13-11-21/h2-9,23-24H,10-14H2,1H3,(H,22,26). The van der Waals surface area contributed by atoms with Gasteiger partial charge in [0, 0.05) is 12.6 Å². The average Bonchev–Trinajstić information content (AvgIpc) is 2.72. The van der Waals surface area contributed by atoms with Crippen molar-refractivity contribution in [3.63, 3.8) is 0 Å². The average molecular weight is 364 g/mol. The van der Waals surface area contributed by atoms with Gasteiger partial charge in [0.1, 0.15) is 5.54 Å². The molecule has 4 rings (SSSR count). The molecule has 2 amide bonds. The Hall–Kier alpha value is -2.86. The zero-order valence-corrected chi connectivity index (χ0v) is 15.4. The Morgan fingerprint density at radius 2 is 1.81 bits per heavy atom. The minimum Gasteiger partial charge on any atom is -0.369 e. The van der Waals surface area contributed by atoms with Crippen LogP contribution in [0.5, 0.6) is 0 Å². The predicted octanol–water partition coefficient (Wildman–Crippen LogP) is 2.13. The van der Waals surface area contributed by atoms with E-state index in [4.69, 9.17) is 0 Å². The molecule has 3 N–H and O–H groups in total. The van der Waals surface area contributed by atoms with Crippen molar-refractivity contribution in [2.45, 2.75) is 24.9 Å². The molecule has 2 heterocycles. The largest absolute Gasteiger partial charge is 0.369 e. The minimum absolute atomic E-state index is 0.112. The normalized spacial score (nSPS) is 18.0. The van der Waals surface area contributed by atoms with E-state index in [1.165, 1.54) is 0 Å². The molecule has 0 saturated carbocycles. The molecule has 1 spiro atoms. The van der Waals surface area contributed by atoms with E-state index >= 15 is 0 Å². The maximum absolute atomic E-state index is 13.5. The monoisotopic (exact) mass is 364 g/mol. The summed E-state index contributed by atoms with van der Waals surface area (Å²) in [6, 6.07) is 15.4. The van der Waals surface area contributed by atoms with Crippen molar-refractivity contribution >= 4 is 23.2 Å². The number of fused-ring (bicyclic) bond motifs is 1. The van der Waals surface area contributed by atoms with Crippen molar-refractivity contribution in [3.8, 4) is 0 Å². The Balaban J connectivity index is 1.65. The van der Waals surface area contributed by atoms with Gasteiger partial charge < -0.3 is 20.9 Å². The fourth-order valence-corrected chi connectivity index (χ4v) is 3.93. The first-order valence-electron chi connectivity index (χ1n) is 9.34. The van der Waals surface area contributed by atoms with Gasteiger partial charge in [-0.25, -0.2) is 0 Å². The van der Waals surface area contributed by atoms with Crippen LogP contribution in [0.2, 0.25) is 0 Å². The Morgan fingerprint density at radius 1 is 1.11 bits per heavy atom. The van der Waals surface area contributed by atoms with Crippen LogP contribution in [0.25, 0.3) is 0 Å². The lowest BCUT2D eigenvalue weighted by Gasteiger charge is -2.46. The quantitative estimate of drug-likeness (QED) is 0.780. The zero-order chi connectivity index (χ0) is 18.9. The number of rotatable bonds is 3. The van der Waals surface area contributed by atoms with Crippen LogP contribution >= 0.6 is 0 Å². The molecule has 6 nitrogen and oxygen atoms in total. The second-order valence-electron chi connectivity index (χ2n) is 7.14. The SMILES string of the molecule is CNC(=O)c1ccc(CN2C(=O)C3(CCNCC3)Nc3ccccc32)cc1. The molecular weight excluding hydrogens is 340 g/mol. The molecule has 0 bridgehead atoms. The van der Waals surface area contributed by atoms with Crippen molar-refractivity contribution in [2.75, 3.05) is 30.4 Å². The van der Waals surface area contributed by atoms with E-state index < -0.39 is 5.54 Å². The summed E-state index contributed by atoms with van der Waals surface area (Å²) in [6.45, 7) is 2.14. The van der Waals surface area contributed by atoms with Crippen LogP contribution in [0, 0.1) is 0 Å². The van der Waals surface area contributed by atoms with Crippen LogP contribution in [0.4, 0.5) is 11.4 Å². The number of carbonyl (C=O) groups excluding carboxylic acids is 2. The summed E-state index contributed by atoms with van der Waals surface area (Å²) in [6.07, 6.45) is 1.54. The molecule has 2 aliphatic heterocycles. The Labute approximate surface area is 158 Å². The topological polar surface area (TPSA) is 73.5 Å². The molecule has 140 valence electrons. The van der Waals surface area contributed by atoms with Gasteiger partial charge in [0.15, 0.2) is 0 Å². The number of amides is 2. The number of piperidine rings is 1. The molecule has 0 unspecified atom stereocenters. The number of hydrogen-bond donors (Lipinski definition) is 3. The van der Waals surface area contributed by atoms with Crippen molar-refractivity contribution in [3.05, 3.63) is 59.7 Å². The van der Waals surface area contributed by atoms with Gasteiger partial charge in [-0.2, -0.15) is 0 Å². The number of anilines is 2. The third-order valence-corrected chi connectivity index (χ3v) is 5.46. The first-order valence-corrected chi connectivity index (χ1v) is 9.34. The van der Waals surface area contributed by atoms with Crippen molar-refractivity contribution in [2.24, 2.45) is 0 Å². The van der Waals surface area contributed by atoms with Gasteiger partial charge >= 0.3 is 0 Å². The molecule has 0 aromatic heterocycles. The highest BCUT2D eigenvalue weighted by Crippen LogP contribution is 2.39. The molecule has 1 fully saturated rings. The van der Waals surface area contributed by atoms with Crippen molar-refractivity contribution < 1.29 is 9.59 Å². The molecule has 1 saturated heterocycles. The summed E-state index contributed by atoms with van der Waals surface area (Å²) in [4.78, 5) is 27.1. The Morgan fingerprint density at radius 3 is 2.52 bits per heavy atom. The lowest BCUT2D eigenvalue weighted by atomic mass is 9.84. The maximum Gasteiger partial charge on any atom is 0.253 e. The number of para-hydroxylation sites is 2. The first-order chi connectivity index (χ1) is 13.1. The summed E-state index contributed by atoms with van der Waals surface area (Å²) in [7, 11) is 1.62. The Bertz CT molecular complexity index is 857. The highest BCUT2D eigenvalue weighted by atomic mass is 16.2. The van der Waals surface area contributed by atoms with E-state index in [2.05, 4.69) is 16.0 Å². The number of nitrogens with one attached hydrogen (secondary N) is 3. The lowest BCUT2D eigenvalue weighted by Crippen LogP contribution is -2.61. The molecule has 27 heavy (non-hydrogen) atoms. The summed E-state index contributed by atoms with van der Waals surface area (Å²) in [5.74, 6) is 0.0110. The van der Waals surface area contributed by atoms with E-state index in [0.717, 1.165) is 42.9 Å². The Kier molecular flexibility index (Phi) is 4.58. The molecule has 6 heteroatoms. The molecule has 2 aromatic carbocycles. The van der Waals surface area contributed by atoms with Crippen LogP contribution in [-0.4, -0.2) is 37.5 Å². The number of benzene rings is 2. The maximum atomic E-state index is 13.5. The smallest absolute Gasteiger partial charge is 0.253 e. The second-order valence-corrected chi connectivity index (χ2v) is 7.14. The number of nitrogens with zero attached hydrogens (tertiary/aromatic N) is 1. The van der Waals surface area contributed by atoms with E-state index in [0.29, 0.717) is 12.1 Å². The highest BCUT2D eigenvalue weighted by molar-refractivity contribution is 6.08. The molecule has 2 aliphatic rings. The second kappa shape index (κ2) is 7.04. The van der Waals surface area contributed by atoms with Crippen LogP contribution in [0.1, 0.15) is 28.8 Å². The van der Waals surface area contributed by atoms with Gasteiger partial charge in [0.2, 0.25) is 0 Å². The van der Waals surface area contributed by atoms with E-state index in [9.17, 15) is 9.59 Å². The van der Waals surface area contributed by atoms with Gasteiger partial charge in [0.05, 0.1) is 17.9 Å². The van der Waals surface area contributed by atoms with Crippen molar-refractivity contribution in [1.82, 2.24) is 10.6 Å². The fraction of sp³-hybridized carbons (Fsp3) is 0.333. The third kappa shape index (κ3) is 3.17. The first kappa shape index (κ1) is 17.5. The van der Waals surface area contributed by atoms with E-state index in [1.54, 1.807) is 19.2 Å². The summed E-state index contributed by atoms with van der Waals surface area (Å²) in [5, 5.41) is 9.49. The van der Waals surface area contributed by atoms with Crippen molar-refractivity contribution in [1.29, 1.82) is 0 Å². The fourth-order valence-electron chi connectivity index (χ4n) is 3.93. The molecular formula is C21H24N4O2. The van der Waals surface area contributed by atoms with Gasteiger partial charge in [-0.05, 0) is 55.8 Å². The van der Waals surface area contributed by atoms with Gasteiger partial charge in [0.25, 0.3) is 11.8 Å². The molecule has 0 radical (unpaired) electrons. The molecule has 0 atom stereocenters. The van der Waals surface area contributed by atoms with Gasteiger partial charge in [-0.15, -0.1) is 0 Å². The van der Waals surface area contributed by atoms with Crippen LogP contribution in [0.15, 0.2) is 48.5 Å². The minimum atomic E-state index is -0.540. The summed E-state index contributed by atoms with van der Waals surface area (Å²) >= 11 is 0. The lowest BCUT2D eigenvalue weighted by molar-refractivity contribution is -0.124. The number of hydrogen-bond acceptors (Lipinski definition) is 4. The van der Waals surface area contributed by atoms with Gasteiger partial charge in [-0.3, -0.25) is 9.59 Å². The van der Waals surface area contributed by atoms with Crippen LogP contribution in [0.3, 0.4) is 0 Å². The third-order valence-electron chi connectivity index (χ3n) is 5.46. The zero-order valence-electron chi connectivity index (χ0n) is 15.4. The van der Waals surface area contributed by atoms with E-state index in [-0.39, 0.29) is 11.8 Å². The summed E-state index contributed by atoms with van der Waals surface area (Å²) in [5.41, 5.74) is 2.98. The highest BCUT2D eigenvalue weighted by Gasteiger charge is 2.46. The van der Waals surface area contributed by atoms with Crippen LogP contribution in [-0.2, 0) is 11.3 Å². The molecule has 2 aromatic rings. The van der Waals surface area contributed by atoms with Crippen LogP contribution < -0.4 is 20.9 Å². The summed E-state index contributed by atoms with van der Waals surface area (Å²) < 4.78 is 0. The number of carbonyl (C=O) groups is 2. The molecule has 0 aliphatic carbocycles. The predicted molar refractivity (Wildman–Crippen MR) is 106 cm³/mol. The van der Waals surface area contributed by atoms with E-state index in [1.807, 2.05) is 41.3 Å².